The quantitative estimate of drug-likeness (QED) is 0.866. The summed E-state index contributed by atoms with van der Waals surface area (Å²) in [6.45, 7) is 2.00. The maximum atomic E-state index is 11.7. The number of nitrogens with one attached hydrogen (secondary N) is 1. The average Bonchev–Trinajstić information content (AvgIpc) is 2.21. The average molecular weight is 297 g/mol. The van der Waals surface area contributed by atoms with Gasteiger partial charge >= 0.3 is 0 Å². The highest BCUT2D eigenvalue weighted by atomic mass is 79.9. The van der Waals surface area contributed by atoms with Gasteiger partial charge < -0.3 is 5.32 Å². The number of hydrogen-bond donors (Lipinski definition) is 1. The summed E-state index contributed by atoms with van der Waals surface area (Å²) >= 11 is 4.88. The first-order valence-corrected chi connectivity index (χ1v) is 6.43. The second-order valence-corrected chi connectivity index (χ2v) is 5.68. The van der Waals surface area contributed by atoms with Gasteiger partial charge in [-0.25, -0.2) is 0 Å². The van der Waals surface area contributed by atoms with Gasteiger partial charge in [0.1, 0.15) is 5.25 Å². The molecule has 82 valence electrons. The molecule has 0 bridgehead atoms. The monoisotopic (exact) mass is 296 g/mol. The van der Waals surface area contributed by atoms with Gasteiger partial charge in [0.25, 0.3) is 0 Å². The number of fused-ring (bicyclic) bond motifs is 1. The number of aryl methyl sites for hydroxylation is 1. The number of rotatable bonds is 1. The van der Waals surface area contributed by atoms with Crippen molar-refractivity contribution in [1.29, 1.82) is 5.26 Å². The van der Waals surface area contributed by atoms with Crippen LogP contribution in [0.15, 0.2) is 21.5 Å². The third-order valence-electron chi connectivity index (χ3n) is 2.28. The molecule has 1 aromatic carbocycles. The van der Waals surface area contributed by atoms with E-state index in [0.717, 1.165) is 20.6 Å². The Morgan fingerprint density at radius 3 is 3.06 bits per heavy atom. The number of benzene rings is 1. The van der Waals surface area contributed by atoms with Crippen LogP contribution in [0.2, 0.25) is 0 Å². The smallest absolute Gasteiger partial charge is 0.238 e. The van der Waals surface area contributed by atoms with Crippen LogP contribution in [0.3, 0.4) is 0 Å². The van der Waals surface area contributed by atoms with Gasteiger partial charge in [0.2, 0.25) is 5.91 Å². The summed E-state index contributed by atoms with van der Waals surface area (Å²) in [6.07, 6.45) is 0.238. The Labute approximate surface area is 106 Å². The number of hydrogen-bond acceptors (Lipinski definition) is 3. The molecule has 0 spiro atoms. The van der Waals surface area contributed by atoms with Crippen molar-refractivity contribution < 1.29 is 4.79 Å². The zero-order valence-corrected chi connectivity index (χ0v) is 11.0. The highest BCUT2D eigenvalue weighted by Crippen LogP contribution is 2.41. The SMILES string of the molecule is Cc1cc(Br)c2c(c1)SC(CC#N)C(=O)N2. The summed E-state index contributed by atoms with van der Waals surface area (Å²) in [6, 6.07) is 6.02. The van der Waals surface area contributed by atoms with Crippen LogP contribution >= 0.6 is 27.7 Å². The second-order valence-electron chi connectivity index (χ2n) is 3.58. The highest BCUT2D eigenvalue weighted by molar-refractivity contribution is 9.10. The molecule has 0 saturated heterocycles. The van der Waals surface area contributed by atoms with Crippen molar-refractivity contribution in [3.05, 3.63) is 22.2 Å². The maximum Gasteiger partial charge on any atom is 0.238 e. The number of thioether (sulfide) groups is 1. The molecular weight excluding hydrogens is 288 g/mol. The van der Waals surface area contributed by atoms with Gasteiger partial charge in [-0.2, -0.15) is 5.26 Å². The van der Waals surface area contributed by atoms with Gasteiger partial charge in [-0.1, -0.05) is 0 Å². The minimum atomic E-state index is -0.300. The maximum absolute atomic E-state index is 11.7. The molecule has 3 nitrogen and oxygen atoms in total. The molecule has 1 aliphatic heterocycles. The van der Waals surface area contributed by atoms with Gasteiger partial charge in [0.05, 0.1) is 18.2 Å². The lowest BCUT2D eigenvalue weighted by Gasteiger charge is -2.23. The molecule has 0 fully saturated rings. The molecule has 1 atom stereocenters. The zero-order chi connectivity index (χ0) is 11.7. The minimum Gasteiger partial charge on any atom is -0.323 e. The van der Waals surface area contributed by atoms with Crippen LogP contribution in [-0.4, -0.2) is 11.2 Å². The van der Waals surface area contributed by atoms with E-state index in [2.05, 4.69) is 21.2 Å². The lowest BCUT2D eigenvalue weighted by Crippen LogP contribution is -2.28. The van der Waals surface area contributed by atoms with Crippen LogP contribution in [0.4, 0.5) is 5.69 Å². The summed E-state index contributed by atoms with van der Waals surface area (Å²) in [5.74, 6) is -0.0939. The van der Waals surface area contributed by atoms with Crippen molar-refractivity contribution in [2.75, 3.05) is 5.32 Å². The van der Waals surface area contributed by atoms with E-state index in [1.165, 1.54) is 11.8 Å². The first kappa shape index (κ1) is 11.5. The number of carbonyl (C=O) groups excluding carboxylic acids is 1. The summed E-state index contributed by atoms with van der Waals surface area (Å²) in [4.78, 5) is 12.7. The first-order chi connectivity index (χ1) is 7.61. The summed E-state index contributed by atoms with van der Waals surface area (Å²) in [5.41, 5.74) is 1.94. The molecule has 1 aromatic rings. The number of halogens is 1. The molecule has 1 amide bonds. The van der Waals surface area contributed by atoms with E-state index in [0.29, 0.717) is 0 Å². The minimum absolute atomic E-state index is 0.0939. The lowest BCUT2D eigenvalue weighted by atomic mass is 10.2. The van der Waals surface area contributed by atoms with E-state index < -0.39 is 0 Å². The molecule has 1 N–H and O–H groups in total. The van der Waals surface area contributed by atoms with Crippen molar-refractivity contribution in [3.8, 4) is 6.07 Å². The van der Waals surface area contributed by atoms with E-state index in [1.807, 2.05) is 25.1 Å². The normalized spacial score (nSPS) is 18.6. The number of carbonyl (C=O) groups is 1. The Balaban J connectivity index is 2.40. The molecular formula is C11H9BrN2OS. The molecule has 0 saturated carbocycles. The number of nitriles is 1. The van der Waals surface area contributed by atoms with Crippen molar-refractivity contribution >= 4 is 39.3 Å². The summed E-state index contributed by atoms with van der Waals surface area (Å²) in [7, 11) is 0. The van der Waals surface area contributed by atoms with Gasteiger partial charge in [0.15, 0.2) is 0 Å². The number of amides is 1. The molecule has 16 heavy (non-hydrogen) atoms. The van der Waals surface area contributed by atoms with Crippen LogP contribution in [0, 0.1) is 18.3 Å². The van der Waals surface area contributed by atoms with E-state index in [1.54, 1.807) is 0 Å². The van der Waals surface area contributed by atoms with Crippen molar-refractivity contribution in [3.63, 3.8) is 0 Å². The van der Waals surface area contributed by atoms with E-state index in [4.69, 9.17) is 5.26 Å². The van der Waals surface area contributed by atoms with Crippen LogP contribution in [-0.2, 0) is 4.79 Å². The van der Waals surface area contributed by atoms with Crippen molar-refractivity contribution in [2.45, 2.75) is 23.5 Å². The summed E-state index contributed by atoms with van der Waals surface area (Å²) < 4.78 is 0.888. The van der Waals surface area contributed by atoms with Crippen molar-refractivity contribution in [1.82, 2.24) is 0 Å². The topological polar surface area (TPSA) is 52.9 Å². The van der Waals surface area contributed by atoms with E-state index in [-0.39, 0.29) is 17.6 Å². The molecule has 1 heterocycles. The van der Waals surface area contributed by atoms with Crippen LogP contribution in [0.1, 0.15) is 12.0 Å². The highest BCUT2D eigenvalue weighted by Gasteiger charge is 2.28. The van der Waals surface area contributed by atoms with E-state index >= 15 is 0 Å². The summed E-state index contributed by atoms with van der Waals surface area (Å²) in [5, 5.41) is 11.2. The second kappa shape index (κ2) is 4.48. The molecule has 1 aliphatic rings. The number of anilines is 1. The fourth-order valence-corrected chi connectivity index (χ4v) is 3.52. The van der Waals surface area contributed by atoms with Crippen LogP contribution < -0.4 is 5.32 Å². The van der Waals surface area contributed by atoms with Gasteiger partial charge in [-0.15, -0.1) is 11.8 Å². The fourth-order valence-electron chi connectivity index (χ4n) is 1.55. The predicted molar refractivity (Wildman–Crippen MR) is 67.4 cm³/mol. The van der Waals surface area contributed by atoms with Gasteiger partial charge in [0, 0.05) is 9.37 Å². The fraction of sp³-hybridized carbons (Fsp3) is 0.273. The Bertz CT molecular complexity index is 495. The lowest BCUT2D eigenvalue weighted by molar-refractivity contribution is -0.115. The third-order valence-corrected chi connectivity index (χ3v) is 4.15. The first-order valence-electron chi connectivity index (χ1n) is 4.76. The Morgan fingerprint density at radius 2 is 2.38 bits per heavy atom. The van der Waals surface area contributed by atoms with Crippen LogP contribution in [0.5, 0.6) is 0 Å². The molecule has 5 heteroatoms. The van der Waals surface area contributed by atoms with Crippen LogP contribution in [0.25, 0.3) is 0 Å². The number of nitrogens with zero attached hydrogens (tertiary/aromatic N) is 1. The largest absolute Gasteiger partial charge is 0.323 e. The van der Waals surface area contributed by atoms with Gasteiger partial charge in [-0.3, -0.25) is 4.79 Å². The standard InChI is InChI=1S/C11H9BrN2OS/c1-6-4-7(12)10-9(5-6)16-8(2-3-13)11(15)14-10/h4-5,8H,2H2,1H3,(H,14,15). The van der Waals surface area contributed by atoms with Crippen molar-refractivity contribution in [2.24, 2.45) is 0 Å². The molecule has 0 aromatic heterocycles. The predicted octanol–water partition coefficient (Wildman–Crippen LogP) is 3.08. The molecule has 0 aliphatic carbocycles. The zero-order valence-electron chi connectivity index (χ0n) is 8.58. The van der Waals surface area contributed by atoms with Gasteiger partial charge in [-0.05, 0) is 40.5 Å². The molecule has 1 unspecified atom stereocenters. The Kier molecular flexibility index (Phi) is 3.22. The Hall–Kier alpha value is -0.990. The molecule has 0 radical (unpaired) electrons. The Morgan fingerprint density at radius 1 is 1.62 bits per heavy atom. The molecule has 2 rings (SSSR count). The van der Waals surface area contributed by atoms with E-state index in [9.17, 15) is 4.79 Å². The third kappa shape index (κ3) is 2.08.